The number of nitrogens with zero attached hydrogens (tertiary/aromatic N) is 2. The van der Waals surface area contributed by atoms with E-state index in [-0.39, 0.29) is 19.8 Å². The van der Waals surface area contributed by atoms with E-state index < -0.39 is 43.0 Å². The molecule has 21 heavy (non-hydrogen) atoms. The first-order chi connectivity index (χ1) is 9.60. The predicted molar refractivity (Wildman–Crippen MR) is 76.3 cm³/mol. The SMILES string of the molecule is C=CS(=O)(=O)CC(=O)N1CCN(C(=O)CS(=O)(=O)C=C)C1. The van der Waals surface area contributed by atoms with Crippen molar-refractivity contribution >= 4 is 31.5 Å². The van der Waals surface area contributed by atoms with Crippen LogP contribution in [0.4, 0.5) is 0 Å². The van der Waals surface area contributed by atoms with Gasteiger partial charge in [0.25, 0.3) is 0 Å². The molecule has 0 radical (unpaired) electrons. The highest BCUT2D eigenvalue weighted by atomic mass is 32.2. The van der Waals surface area contributed by atoms with Crippen LogP contribution >= 0.6 is 0 Å². The summed E-state index contributed by atoms with van der Waals surface area (Å²) >= 11 is 0. The highest BCUT2D eigenvalue weighted by Crippen LogP contribution is 2.08. The topological polar surface area (TPSA) is 109 Å². The summed E-state index contributed by atoms with van der Waals surface area (Å²) in [5.41, 5.74) is 0. The Morgan fingerprint density at radius 3 is 1.48 bits per heavy atom. The highest BCUT2D eigenvalue weighted by molar-refractivity contribution is 7.95. The molecule has 0 aliphatic carbocycles. The molecule has 1 saturated heterocycles. The van der Waals surface area contributed by atoms with Crippen LogP contribution in [0, 0.1) is 0 Å². The predicted octanol–water partition coefficient (Wildman–Crippen LogP) is -1.27. The van der Waals surface area contributed by atoms with Crippen LogP contribution in [0.3, 0.4) is 0 Å². The molecule has 0 N–H and O–H groups in total. The van der Waals surface area contributed by atoms with Crippen molar-refractivity contribution in [1.29, 1.82) is 0 Å². The largest absolute Gasteiger partial charge is 0.322 e. The third kappa shape index (κ3) is 4.97. The molecular weight excluding hydrogens is 320 g/mol. The molecule has 1 fully saturated rings. The van der Waals surface area contributed by atoms with Crippen LogP contribution in [0.2, 0.25) is 0 Å². The maximum absolute atomic E-state index is 11.8. The summed E-state index contributed by atoms with van der Waals surface area (Å²) in [5.74, 6) is -2.75. The number of rotatable bonds is 6. The van der Waals surface area contributed by atoms with Gasteiger partial charge >= 0.3 is 0 Å². The monoisotopic (exact) mass is 336 g/mol. The van der Waals surface area contributed by atoms with Crippen molar-refractivity contribution in [1.82, 2.24) is 9.80 Å². The molecule has 0 aromatic rings. The fourth-order valence-electron chi connectivity index (χ4n) is 1.64. The zero-order chi connectivity index (χ0) is 16.3. The fourth-order valence-corrected chi connectivity index (χ4v) is 2.93. The number of hydrogen-bond donors (Lipinski definition) is 0. The Kier molecular flexibility index (Phi) is 5.29. The van der Waals surface area contributed by atoms with Gasteiger partial charge in [0.15, 0.2) is 19.7 Å². The zero-order valence-electron chi connectivity index (χ0n) is 11.3. The molecule has 0 atom stereocenters. The molecule has 10 heteroatoms. The fraction of sp³-hybridized carbons (Fsp3) is 0.455. The molecular formula is C11H16N2O6S2. The molecule has 0 aromatic carbocycles. The van der Waals surface area contributed by atoms with Crippen molar-refractivity contribution in [2.75, 3.05) is 31.3 Å². The summed E-state index contributed by atoms with van der Waals surface area (Å²) in [5, 5.41) is 1.39. The molecule has 0 saturated carbocycles. The standard InChI is InChI=1S/C11H16N2O6S2/c1-3-20(16,17)7-10(14)12-5-6-13(9-12)11(15)8-21(18,19)4-2/h3-4H,1-2,5-9H2. The van der Waals surface area contributed by atoms with Crippen LogP contribution in [-0.2, 0) is 29.3 Å². The molecule has 1 heterocycles. The number of amides is 2. The molecule has 2 amide bonds. The van der Waals surface area contributed by atoms with Crippen LogP contribution in [-0.4, -0.2) is 69.7 Å². The Morgan fingerprint density at radius 2 is 1.19 bits per heavy atom. The smallest absolute Gasteiger partial charge is 0.239 e. The van der Waals surface area contributed by atoms with Gasteiger partial charge in [-0.3, -0.25) is 9.59 Å². The van der Waals surface area contributed by atoms with Crippen molar-refractivity contribution in [3.8, 4) is 0 Å². The maximum Gasteiger partial charge on any atom is 0.239 e. The zero-order valence-corrected chi connectivity index (χ0v) is 12.9. The first-order valence-electron chi connectivity index (χ1n) is 5.86. The third-order valence-corrected chi connectivity index (χ3v) is 5.16. The van der Waals surface area contributed by atoms with E-state index in [0.29, 0.717) is 10.8 Å². The van der Waals surface area contributed by atoms with Crippen LogP contribution in [0.15, 0.2) is 24.0 Å². The molecule has 118 valence electrons. The second kappa shape index (κ2) is 6.39. The lowest BCUT2D eigenvalue weighted by Gasteiger charge is -2.17. The van der Waals surface area contributed by atoms with Gasteiger partial charge < -0.3 is 9.80 Å². The second-order valence-electron chi connectivity index (χ2n) is 4.40. The Hall–Kier alpha value is -1.68. The van der Waals surface area contributed by atoms with E-state index in [0.717, 1.165) is 0 Å². The second-order valence-corrected chi connectivity index (χ2v) is 8.30. The maximum atomic E-state index is 11.8. The van der Waals surface area contributed by atoms with Gasteiger partial charge in [0, 0.05) is 23.9 Å². The minimum absolute atomic E-state index is 0.128. The van der Waals surface area contributed by atoms with E-state index in [1.54, 1.807) is 0 Å². The van der Waals surface area contributed by atoms with Gasteiger partial charge in [0.1, 0.15) is 11.5 Å². The lowest BCUT2D eigenvalue weighted by atomic mass is 10.5. The van der Waals surface area contributed by atoms with E-state index in [2.05, 4.69) is 13.2 Å². The summed E-state index contributed by atoms with van der Waals surface area (Å²) in [6, 6.07) is 0. The molecule has 1 aliphatic heterocycles. The third-order valence-electron chi connectivity index (χ3n) is 2.84. The Bertz CT molecular complexity index is 607. The summed E-state index contributed by atoms with van der Waals surface area (Å²) in [6.07, 6.45) is 0. The normalized spacial score (nSPS) is 15.8. The van der Waals surface area contributed by atoms with Gasteiger partial charge in [-0.25, -0.2) is 16.8 Å². The minimum atomic E-state index is -3.67. The van der Waals surface area contributed by atoms with E-state index >= 15 is 0 Å². The highest BCUT2D eigenvalue weighted by Gasteiger charge is 2.30. The number of hydrogen-bond acceptors (Lipinski definition) is 6. The van der Waals surface area contributed by atoms with E-state index in [4.69, 9.17) is 0 Å². The van der Waals surface area contributed by atoms with Crippen LogP contribution in [0.1, 0.15) is 0 Å². The van der Waals surface area contributed by atoms with Crippen LogP contribution in [0.25, 0.3) is 0 Å². The molecule has 1 aliphatic rings. The minimum Gasteiger partial charge on any atom is -0.322 e. The van der Waals surface area contributed by atoms with E-state index in [1.807, 2.05) is 0 Å². The Balaban J connectivity index is 2.64. The average Bonchev–Trinajstić information content (AvgIpc) is 2.87. The lowest BCUT2D eigenvalue weighted by Crippen LogP contribution is -2.38. The average molecular weight is 336 g/mol. The van der Waals surface area contributed by atoms with Crippen LogP contribution < -0.4 is 0 Å². The van der Waals surface area contributed by atoms with Crippen molar-refractivity contribution < 1.29 is 26.4 Å². The van der Waals surface area contributed by atoms with E-state index in [1.165, 1.54) is 9.80 Å². The number of sulfone groups is 2. The van der Waals surface area contributed by atoms with Gasteiger partial charge in [-0.05, 0) is 0 Å². The lowest BCUT2D eigenvalue weighted by molar-refractivity contribution is -0.131. The van der Waals surface area contributed by atoms with Gasteiger partial charge in [-0.1, -0.05) is 13.2 Å². The van der Waals surface area contributed by atoms with Crippen molar-refractivity contribution in [2.45, 2.75) is 0 Å². The molecule has 1 rings (SSSR count). The summed E-state index contributed by atoms with van der Waals surface area (Å²) < 4.78 is 45.1. The number of carbonyl (C=O) groups is 2. The Morgan fingerprint density at radius 1 is 0.857 bits per heavy atom. The molecule has 0 aromatic heterocycles. The van der Waals surface area contributed by atoms with Crippen molar-refractivity contribution in [3.05, 3.63) is 24.0 Å². The van der Waals surface area contributed by atoms with Gasteiger partial charge in [-0.15, -0.1) is 0 Å². The quantitative estimate of drug-likeness (QED) is 0.598. The van der Waals surface area contributed by atoms with Crippen molar-refractivity contribution in [2.24, 2.45) is 0 Å². The number of carbonyl (C=O) groups excluding carboxylic acids is 2. The Labute approximate surface area is 123 Å². The van der Waals surface area contributed by atoms with E-state index in [9.17, 15) is 26.4 Å². The molecule has 0 spiro atoms. The molecule has 0 unspecified atom stereocenters. The first-order valence-corrected chi connectivity index (χ1v) is 9.29. The van der Waals surface area contributed by atoms with Crippen LogP contribution in [0.5, 0.6) is 0 Å². The molecule has 8 nitrogen and oxygen atoms in total. The summed E-state index contributed by atoms with van der Waals surface area (Å²) in [7, 11) is -7.33. The summed E-state index contributed by atoms with van der Waals surface area (Å²) in [6.45, 7) is 6.40. The van der Waals surface area contributed by atoms with Gasteiger partial charge in [0.2, 0.25) is 11.8 Å². The molecule has 0 bridgehead atoms. The first kappa shape index (κ1) is 17.4. The van der Waals surface area contributed by atoms with Crippen molar-refractivity contribution in [3.63, 3.8) is 0 Å². The van der Waals surface area contributed by atoms with Gasteiger partial charge in [0.05, 0.1) is 6.67 Å². The van der Waals surface area contributed by atoms with Gasteiger partial charge in [-0.2, -0.15) is 0 Å². The summed E-state index contributed by atoms with van der Waals surface area (Å²) in [4.78, 5) is 25.9.